The van der Waals surface area contributed by atoms with Gasteiger partial charge < -0.3 is 10.2 Å². The Morgan fingerprint density at radius 3 is 2.62 bits per heavy atom. The van der Waals surface area contributed by atoms with Crippen molar-refractivity contribution in [2.24, 2.45) is 0 Å². The average molecular weight is 280 g/mol. The molecule has 1 heterocycles. The summed E-state index contributed by atoms with van der Waals surface area (Å²) >= 11 is 0. The van der Waals surface area contributed by atoms with E-state index in [1.54, 1.807) is 24.1 Å². The summed E-state index contributed by atoms with van der Waals surface area (Å²) in [5, 5.41) is 11.7. The molecule has 2 rings (SSSR count). The summed E-state index contributed by atoms with van der Waals surface area (Å²) in [6.45, 7) is 0.354. The van der Waals surface area contributed by atoms with Gasteiger partial charge in [-0.15, -0.1) is 0 Å². The number of nitrogens with one attached hydrogen (secondary N) is 1. The van der Waals surface area contributed by atoms with Crippen LogP contribution in [0.25, 0.3) is 0 Å². The van der Waals surface area contributed by atoms with Gasteiger partial charge in [0.2, 0.25) is 0 Å². The molecule has 106 valence electrons. The Hall–Kier alpha value is -2.87. The molecule has 1 aromatic carbocycles. The molecule has 0 aliphatic rings. The third-order valence-corrected chi connectivity index (χ3v) is 3.03. The fourth-order valence-electron chi connectivity index (χ4n) is 1.94. The van der Waals surface area contributed by atoms with Crippen molar-refractivity contribution in [1.29, 1.82) is 5.26 Å². The molecule has 0 spiro atoms. The number of hydrogen-bond donors (Lipinski definition) is 1. The summed E-state index contributed by atoms with van der Waals surface area (Å²) < 4.78 is 0. The number of carbonyl (C=O) groups excluding carboxylic acids is 1. The Labute approximate surface area is 123 Å². The number of carbonyl (C=O) groups is 1. The lowest BCUT2D eigenvalue weighted by atomic mass is 10.2. The lowest BCUT2D eigenvalue weighted by molar-refractivity contribution is 0.0987. The Bertz CT molecular complexity index is 632. The van der Waals surface area contributed by atoms with Gasteiger partial charge in [-0.05, 0) is 24.3 Å². The maximum Gasteiger partial charge on any atom is 0.259 e. The van der Waals surface area contributed by atoms with Crippen LogP contribution in [-0.2, 0) is 0 Å². The number of rotatable bonds is 5. The molecule has 0 atom stereocenters. The van der Waals surface area contributed by atoms with E-state index in [9.17, 15) is 4.79 Å². The zero-order chi connectivity index (χ0) is 15.1. The van der Waals surface area contributed by atoms with Crippen molar-refractivity contribution < 1.29 is 4.79 Å². The topological polar surface area (TPSA) is 69.0 Å². The van der Waals surface area contributed by atoms with Gasteiger partial charge in [0.25, 0.3) is 5.91 Å². The molecule has 1 aromatic heterocycles. The van der Waals surface area contributed by atoms with Gasteiger partial charge in [-0.3, -0.25) is 4.79 Å². The summed E-state index contributed by atoms with van der Waals surface area (Å²) in [5.41, 5.74) is 1.27. The number of para-hydroxylation sites is 1. The second-order valence-electron chi connectivity index (χ2n) is 4.38. The summed E-state index contributed by atoms with van der Waals surface area (Å²) in [6, 6.07) is 14.9. The largest absolute Gasteiger partial charge is 0.373 e. The number of amides is 1. The zero-order valence-electron chi connectivity index (χ0n) is 11.8. The van der Waals surface area contributed by atoms with E-state index in [-0.39, 0.29) is 12.3 Å². The molecular formula is C16H16N4O. The Balaban J connectivity index is 2.27. The molecule has 5 heteroatoms. The lowest BCUT2D eigenvalue weighted by Crippen LogP contribution is -2.31. The van der Waals surface area contributed by atoms with E-state index in [4.69, 9.17) is 5.26 Å². The molecule has 21 heavy (non-hydrogen) atoms. The van der Waals surface area contributed by atoms with E-state index in [1.807, 2.05) is 30.3 Å². The highest BCUT2D eigenvalue weighted by Crippen LogP contribution is 2.17. The van der Waals surface area contributed by atoms with Crippen LogP contribution in [0.2, 0.25) is 0 Å². The Kier molecular flexibility index (Phi) is 4.89. The first-order chi connectivity index (χ1) is 10.3. The molecule has 0 radical (unpaired) electrons. The van der Waals surface area contributed by atoms with Crippen molar-refractivity contribution in [1.82, 2.24) is 4.98 Å². The maximum atomic E-state index is 12.6. The van der Waals surface area contributed by atoms with E-state index in [0.717, 1.165) is 5.69 Å². The van der Waals surface area contributed by atoms with E-state index < -0.39 is 0 Å². The van der Waals surface area contributed by atoms with Crippen molar-refractivity contribution in [2.75, 3.05) is 23.8 Å². The van der Waals surface area contributed by atoms with Gasteiger partial charge in [0.05, 0.1) is 18.1 Å². The molecule has 1 amide bonds. The summed E-state index contributed by atoms with van der Waals surface area (Å²) in [4.78, 5) is 18.4. The summed E-state index contributed by atoms with van der Waals surface area (Å²) in [5.74, 6) is 0.543. The maximum absolute atomic E-state index is 12.6. The third-order valence-electron chi connectivity index (χ3n) is 3.03. The van der Waals surface area contributed by atoms with E-state index in [2.05, 4.69) is 16.4 Å². The normalized spacial score (nSPS) is 9.71. The predicted octanol–water partition coefficient (Wildman–Crippen LogP) is 2.68. The van der Waals surface area contributed by atoms with Gasteiger partial charge in [-0.25, -0.2) is 4.98 Å². The summed E-state index contributed by atoms with van der Waals surface area (Å²) in [6.07, 6.45) is 1.82. The monoisotopic (exact) mass is 280 g/mol. The third kappa shape index (κ3) is 3.57. The Morgan fingerprint density at radius 1 is 1.29 bits per heavy atom. The molecule has 0 bridgehead atoms. The first-order valence-electron chi connectivity index (χ1n) is 6.64. The minimum absolute atomic E-state index is 0.161. The molecule has 0 aliphatic carbocycles. The van der Waals surface area contributed by atoms with Gasteiger partial charge in [0.1, 0.15) is 5.82 Å². The number of anilines is 2. The van der Waals surface area contributed by atoms with E-state index >= 15 is 0 Å². The fourth-order valence-corrected chi connectivity index (χ4v) is 1.94. The minimum atomic E-state index is -0.161. The highest BCUT2D eigenvalue weighted by Gasteiger charge is 2.17. The first-order valence-corrected chi connectivity index (χ1v) is 6.64. The SMILES string of the molecule is CNc1ccc(C(=O)N(CCC#N)c2ccccc2)cn1. The van der Waals surface area contributed by atoms with Crippen LogP contribution < -0.4 is 10.2 Å². The molecule has 1 N–H and O–H groups in total. The van der Waals surface area contributed by atoms with E-state index in [1.165, 1.54) is 6.20 Å². The smallest absolute Gasteiger partial charge is 0.259 e. The van der Waals surface area contributed by atoms with Crippen molar-refractivity contribution in [3.63, 3.8) is 0 Å². The van der Waals surface area contributed by atoms with Crippen LogP contribution in [0.5, 0.6) is 0 Å². The number of benzene rings is 1. The van der Waals surface area contributed by atoms with Crippen LogP contribution >= 0.6 is 0 Å². The van der Waals surface area contributed by atoms with Gasteiger partial charge in [0, 0.05) is 25.5 Å². The van der Waals surface area contributed by atoms with Gasteiger partial charge >= 0.3 is 0 Å². The highest BCUT2D eigenvalue weighted by molar-refractivity contribution is 6.06. The molecule has 5 nitrogen and oxygen atoms in total. The number of aromatic nitrogens is 1. The molecule has 0 saturated heterocycles. The van der Waals surface area contributed by atoms with Crippen LogP contribution in [0.15, 0.2) is 48.7 Å². The number of nitrogens with zero attached hydrogens (tertiary/aromatic N) is 3. The zero-order valence-corrected chi connectivity index (χ0v) is 11.8. The molecule has 0 saturated carbocycles. The predicted molar refractivity (Wildman–Crippen MR) is 82.1 cm³/mol. The number of pyridine rings is 1. The fraction of sp³-hybridized carbons (Fsp3) is 0.188. The number of hydrogen-bond acceptors (Lipinski definition) is 4. The quantitative estimate of drug-likeness (QED) is 0.914. The molecule has 0 unspecified atom stereocenters. The second-order valence-corrected chi connectivity index (χ2v) is 4.38. The van der Waals surface area contributed by atoms with Crippen molar-refractivity contribution in [3.05, 3.63) is 54.2 Å². The van der Waals surface area contributed by atoms with Gasteiger partial charge in [-0.1, -0.05) is 18.2 Å². The van der Waals surface area contributed by atoms with Crippen LogP contribution in [0.3, 0.4) is 0 Å². The second kappa shape index (κ2) is 7.06. The van der Waals surface area contributed by atoms with Gasteiger partial charge in [0.15, 0.2) is 0 Å². The molecule has 0 fully saturated rings. The van der Waals surface area contributed by atoms with Crippen molar-refractivity contribution >= 4 is 17.4 Å². The minimum Gasteiger partial charge on any atom is -0.373 e. The van der Waals surface area contributed by atoms with E-state index in [0.29, 0.717) is 17.9 Å². The first kappa shape index (κ1) is 14.5. The van der Waals surface area contributed by atoms with Crippen molar-refractivity contribution in [3.8, 4) is 6.07 Å². The van der Waals surface area contributed by atoms with Crippen molar-refractivity contribution in [2.45, 2.75) is 6.42 Å². The lowest BCUT2D eigenvalue weighted by Gasteiger charge is -2.21. The highest BCUT2D eigenvalue weighted by atomic mass is 16.2. The molecule has 0 aliphatic heterocycles. The average Bonchev–Trinajstić information content (AvgIpc) is 2.56. The number of nitriles is 1. The Morgan fingerprint density at radius 2 is 2.05 bits per heavy atom. The van der Waals surface area contributed by atoms with Crippen LogP contribution in [0, 0.1) is 11.3 Å². The van der Waals surface area contributed by atoms with Crippen LogP contribution in [0.1, 0.15) is 16.8 Å². The summed E-state index contributed by atoms with van der Waals surface area (Å²) in [7, 11) is 1.77. The van der Waals surface area contributed by atoms with Gasteiger partial charge in [-0.2, -0.15) is 5.26 Å². The van der Waals surface area contributed by atoms with Crippen LogP contribution in [0.4, 0.5) is 11.5 Å². The standard InChI is InChI=1S/C16H16N4O/c1-18-15-9-8-13(12-19-15)16(21)20(11-5-10-17)14-6-3-2-4-7-14/h2-4,6-9,12H,5,11H2,1H3,(H,18,19). The van der Waals surface area contributed by atoms with Crippen LogP contribution in [-0.4, -0.2) is 24.5 Å². The molecule has 2 aromatic rings. The molecular weight excluding hydrogens is 264 g/mol.